The minimum absolute atomic E-state index is 0.0154. The zero-order valence-electron chi connectivity index (χ0n) is 14.7. The molecule has 0 saturated heterocycles. The largest absolute Gasteiger partial charge is 0.486 e. The first-order valence-electron chi connectivity index (χ1n) is 8.53. The quantitative estimate of drug-likeness (QED) is 0.877. The molecule has 0 atom stereocenters. The van der Waals surface area contributed by atoms with Crippen molar-refractivity contribution in [2.24, 2.45) is 0 Å². The average Bonchev–Trinajstić information content (AvgIpc) is 2.62. The van der Waals surface area contributed by atoms with E-state index in [9.17, 15) is 4.79 Å². The lowest BCUT2D eigenvalue weighted by molar-refractivity contribution is -0.120. The molecule has 3 rings (SSSR count). The van der Waals surface area contributed by atoms with Crippen LogP contribution in [0.1, 0.15) is 11.1 Å². The molecule has 1 aliphatic rings. The molecule has 0 radical (unpaired) electrons. The Morgan fingerprint density at radius 2 is 1.68 bits per heavy atom. The number of hydrogen-bond donors (Lipinski definition) is 1. The van der Waals surface area contributed by atoms with Crippen molar-refractivity contribution in [1.82, 2.24) is 5.32 Å². The predicted molar refractivity (Wildman–Crippen MR) is 98.6 cm³/mol. The number of rotatable bonds is 6. The summed E-state index contributed by atoms with van der Waals surface area (Å²) in [6.07, 6.45) is 1.16. The van der Waals surface area contributed by atoms with Crippen LogP contribution in [0.15, 0.2) is 42.5 Å². The van der Waals surface area contributed by atoms with Gasteiger partial charge in [0, 0.05) is 26.3 Å². The highest BCUT2D eigenvalue weighted by atomic mass is 16.6. The number of amides is 1. The third-order valence-electron chi connectivity index (χ3n) is 4.16. The third kappa shape index (κ3) is 4.66. The van der Waals surface area contributed by atoms with Gasteiger partial charge in [0.15, 0.2) is 11.5 Å². The first kappa shape index (κ1) is 17.1. The zero-order chi connectivity index (χ0) is 17.6. The van der Waals surface area contributed by atoms with E-state index in [0.717, 1.165) is 23.5 Å². The molecular weight excluding hydrogens is 316 g/mol. The van der Waals surface area contributed by atoms with Gasteiger partial charge in [-0.2, -0.15) is 0 Å². The number of nitrogens with zero attached hydrogens (tertiary/aromatic N) is 1. The molecule has 1 amide bonds. The number of anilines is 1. The van der Waals surface area contributed by atoms with E-state index in [2.05, 4.69) is 34.5 Å². The van der Waals surface area contributed by atoms with Gasteiger partial charge >= 0.3 is 0 Å². The molecule has 2 aromatic rings. The smallest absolute Gasteiger partial charge is 0.224 e. The number of benzene rings is 2. The van der Waals surface area contributed by atoms with Gasteiger partial charge in [0.1, 0.15) is 13.2 Å². The standard InChI is InChI=1S/C20H24N2O3/c1-22(2)17-6-3-15(4-7-17)9-10-21-20(23)14-16-5-8-18-19(13-16)25-12-11-24-18/h3-8,13H,9-12,14H2,1-2H3,(H,21,23). The fraction of sp³-hybridized carbons (Fsp3) is 0.350. The molecule has 5 nitrogen and oxygen atoms in total. The van der Waals surface area contributed by atoms with E-state index in [1.54, 1.807) is 0 Å². The van der Waals surface area contributed by atoms with Crippen LogP contribution in [0.25, 0.3) is 0 Å². The Morgan fingerprint density at radius 1 is 1.00 bits per heavy atom. The normalized spacial score (nSPS) is 12.6. The lowest BCUT2D eigenvalue weighted by Crippen LogP contribution is -2.27. The van der Waals surface area contributed by atoms with Crippen LogP contribution in [0.4, 0.5) is 5.69 Å². The summed E-state index contributed by atoms with van der Waals surface area (Å²) >= 11 is 0. The maximum Gasteiger partial charge on any atom is 0.224 e. The molecule has 2 aromatic carbocycles. The van der Waals surface area contributed by atoms with Gasteiger partial charge in [0.05, 0.1) is 6.42 Å². The van der Waals surface area contributed by atoms with Crippen molar-refractivity contribution < 1.29 is 14.3 Å². The van der Waals surface area contributed by atoms with Crippen LogP contribution < -0.4 is 19.7 Å². The fourth-order valence-electron chi connectivity index (χ4n) is 2.75. The average molecular weight is 340 g/mol. The van der Waals surface area contributed by atoms with Crippen LogP contribution in [0, 0.1) is 0 Å². The van der Waals surface area contributed by atoms with E-state index < -0.39 is 0 Å². The summed E-state index contributed by atoms with van der Waals surface area (Å²) in [4.78, 5) is 14.2. The highest BCUT2D eigenvalue weighted by molar-refractivity contribution is 5.78. The van der Waals surface area contributed by atoms with Crippen LogP contribution in [0.5, 0.6) is 11.5 Å². The number of fused-ring (bicyclic) bond motifs is 1. The van der Waals surface area contributed by atoms with Gasteiger partial charge in [-0.05, 0) is 41.8 Å². The second-order valence-corrected chi connectivity index (χ2v) is 6.32. The summed E-state index contributed by atoms with van der Waals surface area (Å²) < 4.78 is 11.0. The Hall–Kier alpha value is -2.69. The van der Waals surface area contributed by atoms with Crippen molar-refractivity contribution in [1.29, 1.82) is 0 Å². The van der Waals surface area contributed by atoms with Crippen LogP contribution in [0.2, 0.25) is 0 Å². The second kappa shape index (κ2) is 7.92. The molecule has 0 saturated carbocycles. The Balaban J connectivity index is 1.46. The molecule has 0 unspecified atom stereocenters. The molecule has 132 valence electrons. The molecule has 1 N–H and O–H groups in total. The molecule has 5 heteroatoms. The minimum Gasteiger partial charge on any atom is -0.486 e. The Labute approximate surface area is 148 Å². The van der Waals surface area contributed by atoms with Crippen LogP contribution in [0.3, 0.4) is 0 Å². The first-order valence-corrected chi connectivity index (χ1v) is 8.53. The van der Waals surface area contributed by atoms with Gasteiger partial charge in [-0.1, -0.05) is 18.2 Å². The molecule has 0 fully saturated rings. The maximum atomic E-state index is 12.1. The van der Waals surface area contributed by atoms with Crippen molar-refractivity contribution in [2.45, 2.75) is 12.8 Å². The summed E-state index contributed by atoms with van der Waals surface area (Å²) in [6.45, 7) is 1.75. The number of nitrogens with one attached hydrogen (secondary N) is 1. The molecule has 0 bridgehead atoms. The topological polar surface area (TPSA) is 50.8 Å². The van der Waals surface area contributed by atoms with Crippen molar-refractivity contribution in [3.05, 3.63) is 53.6 Å². The van der Waals surface area contributed by atoms with E-state index in [4.69, 9.17) is 9.47 Å². The minimum atomic E-state index is 0.0154. The van der Waals surface area contributed by atoms with E-state index in [0.29, 0.717) is 26.2 Å². The van der Waals surface area contributed by atoms with Gasteiger partial charge in [0.2, 0.25) is 5.91 Å². The summed E-state index contributed by atoms with van der Waals surface area (Å²) in [5.41, 5.74) is 3.31. The number of ether oxygens (including phenoxy) is 2. The van der Waals surface area contributed by atoms with Crippen molar-refractivity contribution >= 4 is 11.6 Å². The number of carbonyl (C=O) groups is 1. The SMILES string of the molecule is CN(C)c1ccc(CCNC(=O)Cc2ccc3c(c2)OCCO3)cc1. The lowest BCUT2D eigenvalue weighted by Gasteiger charge is -2.18. The molecule has 25 heavy (non-hydrogen) atoms. The monoisotopic (exact) mass is 340 g/mol. The lowest BCUT2D eigenvalue weighted by atomic mass is 10.1. The fourth-order valence-corrected chi connectivity index (χ4v) is 2.75. The molecule has 0 spiro atoms. The first-order chi connectivity index (χ1) is 12.1. The maximum absolute atomic E-state index is 12.1. The van der Waals surface area contributed by atoms with Gasteiger partial charge in [-0.3, -0.25) is 4.79 Å². The van der Waals surface area contributed by atoms with Crippen molar-refractivity contribution in [2.75, 3.05) is 38.8 Å². The summed E-state index contributed by atoms with van der Waals surface area (Å²) in [5.74, 6) is 1.48. The van der Waals surface area contributed by atoms with Crippen LogP contribution in [-0.4, -0.2) is 39.8 Å². The highest BCUT2D eigenvalue weighted by Gasteiger charge is 2.13. The van der Waals surface area contributed by atoms with Gasteiger partial charge < -0.3 is 19.7 Å². The Bertz CT molecular complexity index is 726. The summed E-state index contributed by atoms with van der Waals surface area (Å²) in [6, 6.07) is 14.0. The predicted octanol–water partition coefficient (Wildman–Crippen LogP) is 2.43. The van der Waals surface area contributed by atoms with Crippen LogP contribution >= 0.6 is 0 Å². The Morgan fingerprint density at radius 3 is 2.40 bits per heavy atom. The molecule has 1 aliphatic heterocycles. The summed E-state index contributed by atoms with van der Waals surface area (Å²) in [5, 5.41) is 2.98. The molecule has 1 heterocycles. The van der Waals surface area contributed by atoms with E-state index >= 15 is 0 Å². The second-order valence-electron chi connectivity index (χ2n) is 6.32. The van der Waals surface area contributed by atoms with Gasteiger partial charge in [-0.15, -0.1) is 0 Å². The molecule has 0 aromatic heterocycles. The Kier molecular flexibility index (Phi) is 5.43. The number of carbonyl (C=O) groups excluding carboxylic acids is 1. The van der Waals surface area contributed by atoms with Crippen LogP contribution in [-0.2, 0) is 17.6 Å². The van der Waals surface area contributed by atoms with E-state index in [1.165, 1.54) is 11.3 Å². The zero-order valence-corrected chi connectivity index (χ0v) is 14.7. The van der Waals surface area contributed by atoms with Gasteiger partial charge in [0.25, 0.3) is 0 Å². The van der Waals surface area contributed by atoms with E-state index in [-0.39, 0.29) is 5.91 Å². The van der Waals surface area contributed by atoms with Crippen molar-refractivity contribution in [3.8, 4) is 11.5 Å². The van der Waals surface area contributed by atoms with Gasteiger partial charge in [-0.25, -0.2) is 0 Å². The van der Waals surface area contributed by atoms with Crippen molar-refractivity contribution in [3.63, 3.8) is 0 Å². The van der Waals surface area contributed by atoms with E-state index in [1.807, 2.05) is 32.3 Å². The molecule has 0 aliphatic carbocycles. The molecular formula is C20H24N2O3. The number of hydrogen-bond acceptors (Lipinski definition) is 4. The third-order valence-corrected chi connectivity index (χ3v) is 4.16. The summed E-state index contributed by atoms with van der Waals surface area (Å²) in [7, 11) is 4.04. The highest BCUT2D eigenvalue weighted by Crippen LogP contribution is 2.30.